The second-order valence-corrected chi connectivity index (χ2v) is 6.55. The lowest BCUT2D eigenvalue weighted by Gasteiger charge is -2.22. The Labute approximate surface area is 128 Å². The monoisotopic (exact) mass is 342 g/mol. The van der Waals surface area contributed by atoms with Gasteiger partial charge in [0.15, 0.2) is 10.8 Å². The van der Waals surface area contributed by atoms with Crippen molar-refractivity contribution in [3.05, 3.63) is 10.3 Å². The van der Waals surface area contributed by atoms with Crippen molar-refractivity contribution >= 4 is 15.9 Å². The molecule has 20 heavy (non-hydrogen) atoms. The zero-order valence-electron chi connectivity index (χ0n) is 11.9. The number of aromatic nitrogens is 3. The SMILES string of the molecule is Brc1nn(C2CCCCO2)nc1CNC1CCCCC1. The summed E-state index contributed by atoms with van der Waals surface area (Å²) in [5.41, 5.74) is 0.991. The van der Waals surface area contributed by atoms with E-state index in [-0.39, 0.29) is 6.23 Å². The molecular weight excluding hydrogens is 320 g/mol. The van der Waals surface area contributed by atoms with Crippen LogP contribution in [0.5, 0.6) is 0 Å². The molecule has 2 heterocycles. The largest absolute Gasteiger partial charge is 0.355 e. The lowest BCUT2D eigenvalue weighted by Crippen LogP contribution is -2.30. The normalized spacial score (nSPS) is 24.9. The first-order chi connectivity index (χ1) is 9.83. The molecule has 0 aromatic carbocycles. The Morgan fingerprint density at radius 2 is 1.90 bits per heavy atom. The molecule has 112 valence electrons. The Balaban J connectivity index is 1.57. The maximum Gasteiger partial charge on any atom is 0.169 e. The molecule has 1 unspecified atom stereocenters. The summed E-state index contributed by atoms with van der Waals surface area (Å²) in [7, 11) is 0. The minimum atomic E-state index is 0.0171. The van der Waals surface area contributed by atoms with Crippen LogP contribution in [-0.4, -0.2) is 27.6 Å². The average molecular weight is 343 g/mol. The summed E-state index contributed by atoms with van der Waals surface area (Å²) in [6.45, 7) is 1.61. The third-order valence-electron chi connectivity index (χ3n) is 4.23. The van der Waals surface area contributed by atoms with Gasteiger partial charge in [-0.15, -0.1) is 5.10 Å². The van der Waals surface area contributed by atoms with Crippen LogP contribution in [0.15, 0.2) is 4.60 Å². The fraction of sp³-hybridized carbons (Fsp3) is 0.857. The van der Waals surface area contributed by atoms with E-state index in [4.69, 9.17) is 4.74 Å². The fourth-order valence-corrected chi connectivity index (χ4v) is 3.41. The first-order valence-corrected chi connectivity index (χ1v) is 8.58. The van der Waals surface area contributed by atoms with Crippen LogP contribution in [0.25, 0.3) is 0 Å². The Morgan fingerprint density at radius 3 is 2.65 bits per heavy atom. The van der Waals surface area contributed by atoms with E-state index in [1.54, 1.807) is 4.80 Å². The predicted molar refractivity (Wildman–Crippen MR) is 80.3 cm³/mol. The molecule has 1 N–H and O–H groups in total. The van der Waals surface area contributed by atoms with E-state index in [0.29, 0.717) is 6.04 Å². The Bertz CT molecular complexity index is 425. The molecule has 1 atom stereocenters. The molecule has 6 heteroatoms. The van der Waals surface area contributed by atoms with Crippen LogP contribution in [0.1, 0.15) is 63.3 Å². The van der Waals surface area contributed by atoms with Crippen molar-refractivity contribution in [2.24, 2.45) is 0 Å². The van der Waals surface area contributed by atoms with Gasteiger partial charge in [-0.1, -0.05) is 19.3 Å². The minimum Gasteiger partial charge on any atom is -0.355 e. The summed E-state index contributed by atoms with van der Waals surface area (Å²) >= 11 is 3.52. The molecule has 0 amide bonds. The number of rotatable bonds is 4. The number of nitrogens with one attached hydrogen (secondary N) is 1. The maximum absolute atomic E-state index is 5.72. The van der Waals surface area contributed by atoms with Crippen molar-refractivity contribution in [3.63, 3.8) is 0 Å². The third-order valence-corrected chi connectivity index (χ3v) is 4.84. The van der Waals surface area contributed by atoms with Crippen molar-refractivity contribution in [3.8, 4) is 0 Å². The first kappa shape index (κ1) is 14.5. The minimum absolute atomic E-state index is 0.0171. The van der Waals surface area contributed by atoms with Gasteiger partial charge in [0.25, 0.3) is 0 Å². The van der Waals surface area contributed by atoms with Crippen LogP contribution in [0.4, 0.5) is 0 Å². The molecule has 0 radical (unpaired) electrons. The summed E-state index contributed by atoms with van der Waals surface area (Å²) in [5.74, 6) is 0. The molecule has 1 aliphatic heterocycles. The molecular formula is C14H23BrN4O. The van der Waals surface area contributed by atoms with Gasteiger partial charge in [-0.3, -0.25) is 0 Å². The van der Waals surface area contributed by atoms with Crippen LogP contribution < -0.4 is 5.32 Å². The van der Waals surface area contributed by atoms with E-state index in [1.807, 2.05) is 0 Å². The van der Waals surface area contributed by atoms with Crippen LogP contribution in [0.3, 0.4) is 0 Å². The van der Waals surface area contributed by atoms with Gasteiger partial charge in [0.2, 0.25) is 0 Å². The summed E-state index contributed by atoms with van der Waals surface area (Å²) < 4.78 is 6.57. The van der Waals surface area contributed by atoms with E-state index in [1.165, 1.54) is 38.5 Å². The average Bonchev–Trinajstić information content (AvgIpc) is 2.88. The van der Waals surface area contributed by atoms with Gasteiger partial charge < -0.3 is 10.1 Å². The van der Waals surface area contributed by atoms with Crippen LogP contribution >= 0.6 is 15.9 Å². The summed E-state index contributed by atoms with van der Waals surface area (Å²) in [6, 6.07) is 0.645. The number of ether oxygens (including phenoxy) is 1. The van der Waals surface area contributed by atoms with E-state index in [0.717, 1.165) is 36.3 Å². The zero-order chi connectivity index (χ0) is 13.8. The molecule has 1 saturated carbocycles. The van der Waals surface area contributed by atoms with Crippen LogP contribution in [0, 0.1) is 0 Å². The molecule has 0 spiro atoms. The molecule has 1 saturated heterocycles. The van der Waals surface area contributed by atoms with Crippen molar-refractivity contribution in [2.75, 3.05) is 6.61 Å². The topological polar surface area (TPSA) is 52.0 Å². The van der Waals surface area contributed by atoms with Gasteiger partial charge >= 0.3 is 0 Å². The third kappa shape index (κ3) is 3.59. The van der Waals surface area contributed by atoms with Crippen LogP contribution in [-0.2, 0) is 11.3 Å². The number of nitrogens with zero attached hydrogens (tertiary/aromatic N) is 3. The van der Waals surface area contributed by atoms with Gasteiger partial charge in [-0.2, -0.15) is 9.90 Å². The Hall–Kier alpha value is -0.460. The quantitative estimate of drug-likeness (QED) is 0.912. The molecule has 1 aromatic heterocycles. The highest BCUT2D eigenvalue weighted by atomic mass is 79.9. The van der Waals surface area contributed by atoms with E-state index in [9.17, 15) is 0 Å². The second kappa shape index (κ2) is 7.00. The molecule has 0 bridgehead atoms. The molecule has 3 rings (SSSR count). The zero-order valence-corrected chi connectivity index (χ0v) is 13.4. The molecule has 1 aromatic rings. The molecule has 2 aliphatic rings. The first-order valence-electron chi connectivity index (χ1n) is 7.79. The van der Waals surface area contributed by atoms with Gasteiger partial charge in [0, 0.05) is 19.2 Å². The standard InChI is InChI=1S/C14H23BrN4O/c15-14-12(10-16-11-6-2-1-3-7-11)17-19(18-14)13-8-4-5-9-20-13/h11,13,16H,1-10H2. The summed E-state index contributed by atoms with van der Waals surface area (Å²) in [5, 5.41) is 12.7. The molecule has 2 fully saturated rings. The Morgan fingerprint density at radius 1 is 1.10 bits per heavy atom. The fourth-order valence-electron chi connectivity index (χ4n) is 3.03. The number of halogens is 1. The highest BCUT2D eigenvalue weighted by Crippen LogP contribution is 2.23. The maximum atomic E-state index is 5.72. The lowest BCUT2D eigenvalue weighted by molar-refractivity contribution is -0.0483. The van der Waals surface area contributed by atoms with Crippen molar-refractivity contribution in [2.45, 2.75) is 70.2 Å². The van der Waals surface area contributed by atoms with E-state index >= 15 is 0 Å². The summed E-state index contributed by atoms with van der Waals surface area (Å²) in [6.07, 6.45) is 10.0. The van der Waals surface area contributed by atoms with Gasteiger partial charge in [-0.05, 0) is 48.0 Å². The predicted octanol–water partition coefficient (Wildman–Crippen LogP) is 3.16. The smallest absolute Gasteiger partial charge is 0.169 e. The molecule has 1 aliphatic carbocycles. The Kier molecular flexibility index (Phi) is 5.07. The summed E-state index contributed by atoms with van der Waals surface area (Å²) in [4.78, 5) is 1.74. The van der Waals surface area contributed by atoms with Gasteiger partial charge in [0.1, 0.15) is 5.69 Å². The van der Waals surface area contributed by atoms with E-state index < -0.39 is 0 Å². The van der Waals surface area contributed by atoms with Crippen molar-refractivity contribution in [1.82, 2.24) is 20.3 Å². The highest BCUT2D eigenvalue weighted by Gasteiger charge is 2.20. The lowest BCUT2D eigenvalue weighted by atomic mass is 9.95. The second-order valence-electron chi connectivity index (χ2n) is 5.79. The van der Waals surface area contributed by atoms with E-state index in [2.05, 4.69) is 31.4 Å². The molecule has 5 nitrogen and oxygen atoms in total. The van der Waals surface area contributed by atoms with Crippen molar-refractivity contribution in [1.29, 1.82) is 0 Å². The van der Waals surface area contributed by atoms with Gasteiger partial charge in [-0.25, -0.2) is 0 Å². The van der Waals surface area contributed by atoms with Gasteiger partial charge in [0.05, 0.1) is 0 Å². The number of hydrogen-bond donors (Lipinski definition) is 1. The number of hydrogen-bond acceptors (Lipinski definition) is 4. The van der Waals surface area contributed by atoms with Crippen molar-refractivity contribution < 1.29 is 4.74 Å². The highest BCUT2D eigenvalue weighted by molar-refractivity contribution is 9.10. The van der Waals surface area contributed by atoms with Crippen LogP contribution in [0.2, 0.25) is 0 Å².